The normalized spacial score (nSPS) is 19.2. The highest BCUT2D eigenvalue weighted by Gasteiger charge is 2.30. The molecule has 0 bridgehead atoms. The van der Waals surface area contributed by atoms with Gasteiger partial charge in [0.1, 0.15) is 0 Å². The molecule has 1 fully saturated rings. The standard InChI is InChI=1S/C14H17N3O4/c1-2-11(16-5-3-15-4-6-16)10-7-13-14(21-9-20-13)8-12(10)17(18)19/h2,7-8,11,15H,1,3-6,9H2/t11-/m0/s1. The van der Waals surface area contributed by atoms with E-state index in [0.29, 0.717) is 17.1 Å². The third-order valence-corrected chi connectivity index (χ3v) is 3.81. The van der Waals surface area contributed by atoms with Crippen LogP contribution in [0, 0.1) is 10.1 Å². The van der Waals surface area contributed by atoms with Crippen LogP contribution in [0.25, 0.3) is 0 Å². The average molecular weight is 291 g/mol. The van der Waals surface area contributed by atoms with Crippen molar-refractivity contribution >= 4 is 5.69 Å². The second-order valence-electron chi connectivity index (χ2n) is 4.99. The Hall–Kier alpha value is -2.12. The zero-order valence-corrected chi connectivity index (χ0v) is 11.6. The summed E-state index contributed by atoms with van der Waals surface area (Å²) in [5, 5.41) is 14.6. The number of nitro benzene ring substituents is 1. The van der Waals surface area contributed by atoms with E-state index >= 15 is 0 Å². The highest BCUT2D eigenvalue weighted by molar-refractivity contribution is 5.57. The molecule has 2 aliphatic heterocycles. The van der Waals surface area contributed by atoms with Crippen molar-refractivity contribution in [2.45, 2.75) is 6.04 Å². The molecule has 0 spiro atoms. The number of hydrogen-bond donors (Lipinski definition) is 1. The van der Waals surface area contributed by atoms with Crippen LogP contribution in [-0.2, 0) is 0 Å². The van der Waals surface area contributed by atoms with Gasteiger partial charge in [0.15, 0.2) is 11.5 Å². The largest absolute Gasteiger partial charge is 0.454 e. The quantitative estimate of drug-likeness (QED) is 0.514. The number of nitrogens with one attached hydrogen (secondary N) is 1. The van der Waals surface area contributed by atoms with Gasteiger partial charge in [-0.1, -0.05) is 6.08 Å². The van der Waals surface area contributed by atoms with Crippen LogP contribution >= 0.6 is 0 Å². The van der Waals surface area contributed by atoms with Crippen molar-refractivity contribution in [3.63, 3.8) is 0 Å². The van der Waals surface area contributed by atoms with E-state index in [9.17, 15) is 10.1 Å². The molecule has 1 saturated heterocycles. The second kappa shape index (κ2) is 5.71. The number of benzene rings is 1. The lowest BCUT2D eigenvalue weighted by atomic mass is 10.0. The molecule has 1 N–H and O–H groups in total. The molecule has 0 aliphatic carbocycles. The van der Waals surface area contributed by atoms with Gasteiger partial charge in [-0.2, -0.15) is 0 Å². The summed E-state index contributed by atoms with van der Waals surface area (Å²) in [6.07, 6.45) is 1.75. The van der Waals surface area contributed by atoms with Gasteiger partial charge < -0.3 is 14.8 Å². The van der Waals surface area contributed by atoms with Gasteiger partial charge in [-0.25, -0.2) is 0 Å². The van der Waals surface area contributed by atoms with E-state index in [2.05, 4.69) is 16.8 Å². The van der Waals surface area contributed by atoms with Crippen LogP contribution < -0.4 is 14.8 Å². The van der Waals surface area contributed by atoms with Gasteiger partial charge in [-0.15, -0.1) is 6.58 Å². The van der Waals surface area contributed by atoms with Crippen molar-refractivity contribution in [3.05, 3.63) is 40.5 Å². The Balaban J connectivity index is 2.01. The maximum absolute atomic E-state index is 11.4. The van der Waals surface area contributed by atoms with E-state index in [1.54, 1.807) is 12.1 Å². The van der Waals surface area contributed by atoms with Crippen LogP contribution in [0.5, 0.6) is 11.5 Å². The topological polar surface area (TPSA) is 76.9 Å². The lowest BCUT2D eigenvalue weighted by Gasteiger charge is -2.33. The Bertz CT molecular complexity index is 570. The average Bonchev–Trinajstić information content (AvgIpc) is 2.95. The third kappa shape index (κ3) is 2.57. The van der Waals surface area contributed by atoms with Crippen molar-refractivity contribution < 1.29 is 14.4 Å². The number of hydrogen-bond acceptors (Lipinski definition) is 6. The first kappa shape index (κ1) is 13.8. The highest BCUT2D eigenvalue weighted by Crippen LogP contribution is 2.41. The van der Waals surface area contributed by atoms with Crippen LogP contribution in [0.4, 0.5) is 5.69 Å². The van der Waals surface area contributed by atoms with E-state index in [0.717, 1.165) is 26.2 Å². The lowest BCUT2D eigenvalue weighted by molar-refractivity contribution is -0.385. The van der Waals surface area contributed by atoms with Crippen LogP contribution in [-0.4, -0.2) is 42.8 Å². The van der Waals surface area contributed by atoms with Crippen molar-refractivity contribution in [2.24, 2.45) is 0 Å². The number of piperazine rings is 1. The SMILES string of the molecule is C=C[C@@H](c1cc2c(cc1[N+](=O)[O-])OCO2)N1CCNCC1. The maximum atomic E-state index is 11.4. The van der Waals surface area contributed by atoms with Crippen molar-refractivity contribution in [3.8, 4) is 11.5 Å². The molecular weight excluding hydrogens is 274 g/mol. The maximum Gasteiger partial charge on any atom is 0.278 e. The summed E-state index contributed by atoms with van der Waals surface area (Å²) in [5.74, 6) is 0.978. The molecule has 0 saturated carbocycles. The molecule has 0 amide bonds. The fourth-order valence-corrected chi connectivity index (χ4v) is 2.78. The molecule has 1 aromatic carbocycles. The molecule has 0 unspecified atom stereocenters. The van der Waals surface area contributed by atoms with Crippen LogP contribution in [0.15, 0.2) is 24.8 Å². The fraction of sp³-hybridized carbons (Fsp3) is 0.429. The lowest BCUT2D eigenvalue weighted by Crippen LogP contribution is -2.44. The molecule has 1 aromatic rings. The Labute approximate surface area is 122 Å². The summed E-state index contributed by atoms with van der Waals surface area (Å²) < 4.78 is 10.6. The minimum atomic E-state index is -0.379. The van der Waals surface area contributed by atoms with E-state index in [4.69, 9.17) is 9.47 Å². The van der Waals surface area contributed by atoms with Crippen molar-refractivity contribution in [1.82, 2.24) is 10.2 Å². The van der Waals surface area contributed by atoms with E-state index in [-0.39, 0.29) is 23.4 Å². The first-order valence-corrected chi connectivity index (χ1v) is 6.86. The number of nitrogens with zero attached hydrogens (tertiary/aromatic N) is 2. The van der Waals surface area contributed by atoms with Crippen LogP contribution in [0.2, 0.25) is 0 Å². The van der Waals surface area contributed by atoms with Gasteiger partial charge in [0, 0.05) is 26.2 Å². The Morgan fingerprint density at radius 2 is 2.00 bits per heavy atom. The second-order valence-corrected chi connectivity index (χ2v) is 4.99. The summed E-state index contributed by atoms with van der Waals surface area (Å²) in [5.41, 5.74) is 0.642. The summed E-state index contributed by atoms with van der Waals surface area (Å²) in [6.45, 7) is 7.32. The summed E-state index contributed by atoms with van der Waals surface area (Å²) in [7, 11) is 0. The number of fused-ring (bicyclic) bond motifs is 1. The van der Waals surface area contributed by atoms with E-state index in [1.807, 2.05) is 0 Å². The summed E-state index contributed by atoms with van der Waals surface area (Å²) in [4.78, 5) is 13.2. The fourth-order valence-electron chi connectivity index (χ4n) is 2.78. The van der Waals surface area contributed by atoms with E-state index < -0.39 is 0 Å². The van der Waals surface area contributed by atoms with Gasteiger partial charge in [0.05, 0.1) is 22.6 Å². The van der Waals surface area contributed by atoms with Crippen LogP contribution in [0.1, 0.15) is 11.6 Å². The van der Waals surface area contributed by atoms with Gasteiger partial charge >= 0.3 is 0 Å². The molecule has 2 heterocycles. The number of nitro groups is 1. The van der Waals surface area contributed by atoms with Gasteiger partial charge in [0.2, 0.25) is 6.79 Å². The molecule has 0 aromatic heterocycles. The zero-order chi connectivity index (χ0) is 14.8. The Morgan fingerprint density at radius 1 is 1.33 bits per heavy atom. The van der Waals surface area contributed by atoms with Gasteiger partial charge in [0.25, 0.3) is 5.69 Å². The molecule has 112 valence electrons. The zero-order valence-electron chi connectivity index (χ0n) is 11.6. The van der Waals surface area contributed by atoms with Gasteiger partial charge in [-0.3, -0.25) is 15.0 Å². The summed E-state index contributed by atoms with van der Waals surface area (Å²) in [6, 6.07) is 2.94. The molecule has 3 rings (SSSR count). The smallest absolute Gasteiger partial charge is 0.278 e. The number of rotatable bonds is 4. The molecular formula is C14H17N3O4. The van der Waals surface area contributed by atoms with Crippen LogP contribution in [0.3, 0.4) is 0 Å². The minimum absolute atomic E-state index is 0.0442. The summed E-state index contributed by atoms with van der Waals surface area (Å²) >= 11 is 0. The molecule has 1 atom stereocenters. The predicted octanol–water partition coefficient (Wildman–Crippen LogP) is 1.46. The molecule has 21 heavy (non-hydrogen) atoms. The van der Waals surface area contributed by atoms with Crippen molar-refractivity contribution in [2.75, 3.05) is 33.0 Å². The van der Waals surface area contributed by atoms with Gasteiger partial charge in [-0.05, 0) is 6.07 Å². The Morgan fingerprint density at radius 3 is 2.62 bits per heavy atom. The van der Waals surface area contributed by atoms with E-state index in [1.165, 1.54) is 6.07 Å². The first-order chi connectivity index (χ1) is 10.2. The molecule has 2 aliphatic rings. The Kier molecular flexibility index (Phi) is 3.76. The minimum Gasteiger partial charge on any atom is -0.454 e. The highest BCUT2D eigenvalue weighted by atomic mass is 16.7. The van der Waals surface area contributed by atoms with Crippen molar-refractivity contribution in [1.29, 1.82) is 0 Å². The molecule has 7 nitrogen and oxygen atoms in total. The molecule has 7 heteroatoms. The first-order valence-electron chi connectivity index (χ1n) is 6.86. The molecule has 0 radical (unpaired) electrons. The number of ether oxygens (including phenoxy) is 2. The predicted molar refractivity (Wildman–Crippen MR) is 76.6 cm³/mol. The monoisotopic (exact) mass is 291 g/mol. The third-order valence-electron chi connectivity index (χ3n) is 3.81.